The largest absolute Gasteiger partial charge is 0.493 e. The number of amides is 1. The van der Waals surface area contributed by atoms with Gasteiger partial charge in [-0.25, -0.2) is 0 Å². The van der Waals surface area contributed by atoms with E-state index in [2.05, 4.69) is 0 Å². The molecule has 4 rings (SSSR count). The van der Waals surface area contributed by atoms with Gasteiger partial charge in [-0.15, -0.1) is 0 Å². The van der Waals surface area contributed by atoms with Crippen LogP contribution in [0.15, 0.2) is 66.4 Å². The van der Waals surface area contributed by atoms with Crippen molar-refractivity contribution in [2.24, 2.45) is 0 Å². The molecule has 0 unspecified atom stereocenters. The summed E-state index contributed by atoms with van der Waals surface area (Å²) in [4.78, 5) is 28.4. The van der Waals surface area contributed by atoms with E-state index in [1.807, 2.05) is 6.07 Å². The van der Waals surface area contributed by atoms with E-state index in [1.165, 1.54) is 24.0 Å². The third-order valence-corrected chi connectivity index (χ3v) is 7.00. The first-order valence-electron chi connectivity index (χ1n) is 11.2. The van der Waals surface area contributed by atoms with Crippen LogP contribution in [0.5, 0.6) is 11.5 Å². The van der Waals surface area contributed by atoms with Gasteiger partial charge in [-0.3, -0.25) is 14.5 Å². The quantitative estimate of drug-likeness (QED) is 0.171. The highest BCUT2D eigenvalue weighted by Gasteiger charge is 2.40. The predicted octanol–water partition coefficient (Wildman–Crippen LogP) is 6.38. The average Bonchev–Trinajstić information content (AvgIpc) is 3.13. The van der Waals surface area contributed by atoms with E-state index in [-0.39, 0.29) is 24.0 Å². The highest BCUT2D eigenvalue weighted by molar-refractivity contribution is 7.80. The van der Waals surface area contributed by atoms with Crippen LogP contribution in [0.2, 0.25) is 15.1 Å². The minimum absolute atomic E-state index is 0.141. The summed E-state index contributed by atoms with van der Waals surface area (Å²) in [7, 11) is 2.78. The van der Waals surface area contributed by atoms with E-state index in [0.717, 1.165) is 5.56 Å². The molecular formula is C27H21Cl3N2O5S. The van der Waals surface area contributed by atoms with Crippen LogP contribution in [0.4, 0.5) is 5.69 Å². The molecule has 0 spiro atoms. The van der Waals surface area contributed by atoms with Gasteiger partial charge in [0.2, 0.25) is 0 Å². The van der Waals surface area contributed by atoms with E-state index in [4.69, 9.17) is 61.2 Å². The fraction of sp³-hybridized carbons (Fsp3) is 0.148. The molecule has 1 aliphatic heterocycles. The van der Waals surface area contributed by atoms with Crippen LogP contribution in [0.25, 0.3) is 6.08 Å². The lowest BCUT2D eigenvalue weighted by Crippen LogP contribution is -2.35. The van der Waals surface area contributed by atoms with Crippen LogP contribution in [0.3, 0.4) is 0 Å². The Kier molecular flexibility index (Phi) is 8.79. The van der Waals surface area contributed by atoms with E-state index < -0.39 is 11.9 Å². The normalized spacial score (nSPS) is 14.3. The third kappa shape index (κ3) is 6.05. The Labute approximate surface area is 240 Å². The molecule has 0 N–H and O–H groups in total. The second-order valence-electron chi connectivity index (χ2n) is 8.04. The summed E-state index contributed by atoms with van der Waals surface area (Å²) in [5.74, 6) is -0.0162. The van der Waals surface area contributed by atoms with Crippen LogP contribution >= 0.6 is 47.0 Å². The average molecular weight is 592 g/mol. The van der Waals surface area contributed by atoms with E-state index in [9.17, 15) is 9.59 Å². The zero-order valence-electron chi connectivity index (χ0n) is 20.2. The molecule has 1 amide bonds. The van der Waals surface area contributed by atoms with Crippen molar-refractivity contribution in [2.75, 3.05) is 25.7 Å². The zero-order chi connectivity index (χ0) is 27.4. The molecule has 38 heavy (non-hydrogen) atoms. The molecule has 3 aromatic rings. The number of anilines is 1. The van der Waals surface area contributed by atoms with Gasteiger partial charge in [-0.1, -0.05) is 46.9 Å². The van der Waals surface area contributed by atoms with Crippen LogP contribution < -0.4 is 14.4 Å². The van der Waals surface area contributed by atoms with Gasteiger partial charge in [0, 0.05) is 5.02 Å². The van der Waals surface area contributed by atoms with Crippen molar-refractivity contribution in [1.82, 2.24) is 4.90 Å². The molecule has 3 aromatic carbocycles. The number of hydrogen-bond acceptors (Lipinski definition) is 6. The zero-order valence-corrected chi connectivity index (χ0v) is 23.3. The standard InChI is InChI=1S/C27H21Cl3N2O5S/c1-35-24-13-16(4-10-23(24)37-15-17-3-9-20(29)21(30)11-17)12-22-26(34)32(19-7-5-18(28)6-8-19)27(38)31(22)14-25(33)36-2/h3-13H,14-15H2,1-2H3/b22-12-. The monoisotopic (exact) mass is 590 g/mol. The number of esters is 1. The molecule has 1 fully saturated rings. The first-order chi connectivity index (χ1) is 18.2. The van der Waals surface area contributed by atoms with Gasteiger partial charge >= 0.3 is 5.97 Å². The van der Waals surface area contributed by atoms with Gasteiger partial charge in [-0.2, -0.15) is 0 Å². The summed E-state index contributed by atoms with van der Waals surface area (Å²) in [5, 5.41) is 1.55. The van der Waals surface area contributed by atoms with Gasteiger partial charge in [0.05, 0.1) is 30.0 Å². The molecular weight excluding hydrogens is 571 g/mol. The van der Waals surface area contributed by atoms with Crippen molar-refractivity contribution in [3.05, 3.63) is 92.6 Å². The van der Waals surface area contributed by atoms with Crippen LogP contribution in [-0.4, -0.2) is 42.7 Å². The molecule has 0 aromatic heterocycles. The van der Waals surface area contributed by atoms with Crippen LogP contribution in [0, 0.1) is 0 Å². The molecule has 1 heterocycles. The predicted molar refractivity (Wildman–Crippen MR) is 152 cm³/mol. The molecule has 0 saturated carbocycles. The fourth-order valence-corrected chi connectivity index (χ4v) is 4.48. The van der Waals surface area contributed by atoms with Gasteiger partial charge in [-0.05, 0) is 78.0 Å². The Morgan fingerprint density at radius 1 is 0.947 bits per heavy atom. The van der Waals surface area contributed by atoms with Crippen molar-refractivity contribution in [2.45, 2.75) is 6.61 Å². The Morgan fingerprint density at radius 2 is 1.68 bits per heavy atom. The number of carbonyl (C=O) groups excluding carboxylic acids is 2. The second-order valence-corrected chi connectivity index (χ2v) is 9.65. The Bertz CT molecular complexity index is 1430. The summed E-state index contributed by atoms with van der Waals surface area (Å²) in [6.07, 6.45) is 1.62. The van der Waals surface area contributed by atoms with E-state index >= 15 is 0 Å². The molecule has 1 saturated heterocycles. The van der Waals surface area contributed by atoms with Gasteiger partial charge in [0.1, 0.15) is 18.8 Å². The summed E-state index contributed by atoms with van der Waals surface area (Å²) in [6.45, 7) is 0.00236. The maximum absolute atomic E-state index is 13.5. The molecule has 7 nitrogen and oxygen atoms in total. The number of methoxy groups -OCH3 is 2. The van der Waals surface area contributed by atoms with Crippen molar-refractivity contribution in [1.29, 1.82) is 0 Å². The molecule has 0 atom stereocenters. The maximum atomic E-state index is 13.5. The number of halogens is 3. The number of ether oxygens (including phenoxy) is 3. The van der Waals surface area contributed by atoms with Gasteiger partial charge in [0.25, 0.3) is 5.91 Å². The minimum Gasteiger partial charge on any atom is -0.493 e. The molecule has 196 valence electrons. The molecule has 11 heteroatoms. The number of carbonyl (C=O) groups is 2. The van der Waals surface area contributed by atoms with Crippen molar-refractivity contribution in [3.8, 4) is 11.5 Å². The van der Waals surface area contributed by atoms with Crippen molar-refractivity contribution in [3.63, 3.8) is 0 Å². The lowest BCUT2D eigenvalue weighted by molar-refractivity contribution is -0.140. The van der Waals surface area contributed by atoms with E-state index in [1.54, 1.807) is 60.7 Å². The Hall–Kier alpha value is -3.30. The highest BCUT2D eigenvalue weighted by Crippen LogP contribution is 2.33. The number of rotatable bonds is 8. The number of nitrogens with zero attached hydrogens (tertiary/aromatic N) is 2. The SMILES string of the molecule is COC(=O)CN1C(=S)N(c2ccc(Cl)cc2)C(=O)/C1=C/c1ccc(OCc2ccc(Cl)c(Cl)c2)c(OC)c1. The fourth-order valence-electron chi connectivity index (χ4n) is 3.69. The minimum atomic E-state index is -0.548. The lowest BCUT2D eigenvalue weighted by atomic mass is 10.1. The third-order valence-electron chi connectivity index (χ3n) is 5.60. The first-order valence-corrected chi connectivity index (χ1v) is 12.7. The number of hydrogen-bond donors (Lipinski definition) is 0. The van der Waals surface area contributed by atoms with Gasteiger partial charge < -0.3 is 19.1 Å². The summed E-state index contributed by atoms with van der Waals surface area (Å²) in [5.41, 5.74) is 2.18. The topological polar surface area (TPSA) is 68.3 Å². The number of benzene rings is 3. The van der Waals surface area contributed by atoms with Crippen LogP contribution in [-0.2, 0) is 20.9 Å². The molecule has 1 aliphatic rings. The lowest BCUT2D eigenvalue weighted by Gasteiger charge is -2.19. The van der Waals surface area contributed by atoms with Crippen molar-refractivity contribution < 1.29 is 23.8 Å². The molecule has 0 aliphatic carbocycles. The smallest absolute Gasteiger partial charge is 0.325 e. The van der Waals surface area contributed by atoms with Gasteiger partial charge in [0.15, 0.2) is 16.6 Å². The first kappa shape index (κ1) is 27.7. The second kappa shape index (κ2) is 12.0. The van der Waals surface area contributed by atoms with Crippen LogP contribution in [0.1, 0.15) is 11.1 Å². The highest BCUT2D eigenvalue weighted by atomic mass is 35.5. The summed E-state index contributed by atoms with van der Waals surface area (Å²) < 4.78 is 16.3. The number of thiocarbonyl (C=S) groups is 1. The summed E-state index contributed by atoms with van der Waals surface area (Å²) in [6, 6.07) is 17.1. The molecule has 0 bridgehead atoms. The summed E-state index contributed by atoms with van der Waals surface area (Å²) >= 11 is 23.6. The Morgan fingerprint density at radius 3 is 2.34 bits per heavy atom. The molecule has 0 radical (unpaired) electrons. The van der Waals surface area contributed by atoms with Crippen molar-refractivity contribution >= 4 is 75.8 Å². The Balaban J connectivity index is 1.63. The van der Waals surface area contributed by atoms with E-state index in [0.29, 0.717) is 37.8 Å². The maximum Gasteiger partial charge on any atom is 0.325 e.